The number of hydrogen-bond donors (Lipinski definition) is 1. The summed E-state index contributed by atoms with van der Waals surface area (Å²) in [6.07, 6.45) is 3.46. The van der Waals surface area contributed by atoms with Crippen LogP contribution in [0.15, 0.2) is 28.7 Å². The van der Waals surface area contributed by atoms with Crippen LogP contribution < -0.4 is 0 Å². The van der Waals surface area contributed by atoms with Crippen molar-refractivity contribution in [3.8, 4) is 5.75 Å². The van der Waals surface area contributed by atoms with E-state index in [4.69, 9.17) is 0 Å². The van der Waals surface area contributed by atoms with Gasteiger partial charge in [-0.1, -0.05) is 22.0 Å². The van der Waals surface area contributed by atoms with Crippen molar-refractivity contribution < 1.29 is 5.11 Å². The lowest BCUT2D eigenvalue weighted by Crippen LogP contribution is -1.93. The molecule has 1 aliphatic rings. The van der Waals surface area contributed by atoms with Crippen LogP contribution in [0.5, 0.6) is 5.75 Å². The molecular weight excluding hydrogens is 266 g/mol. The molecule has 1 aliphatic carbocycles. The van der Waals surface area contributed by atoms with E-state index in [1.807, 2.05) is 24.3 Å². The molecule has 0 aliphatic heterocycles. The Balaban J connectivity index is 2.10. The Bertz CT molecular complexity index is 549. The van der Waals surface area contributed by atoms with Crippen molar-refractivity contribution in [1.82, 2.24) is 4.98 Å². The van der Waals surface area contributed by atoms with Gasteiger partial charge >= 0.3 is 0 Å². The van der Waals surface area contributed by atoms with E-state index in [2.05, 4.69) is 20.9 Å². The largest absolute Gasteiger partial charge is 0.506 e. The summed E-state index contributed by atoms with van der Waals surface area (Å²) in [6, 6.07) is 7.73. The standard InChI is InChI=1S/C13H12BrNO/c14-10-4-3-9-6-13(16)12(5-8-1-2-8)15-11(9)7-10/h3-4,6-8,16H,1-2,5H2. The molecule has 1 saturated carbocycles. The highest BCUT2D eigenvalue weighted by Gasteiger charge is 2.23. The fourth-order valence-electron chi connectivity index (χ4n) is 1.91. The lowest BCUT2D eigenvalue weighted by Gasteiger charge is -2.05. The second kappa shape index (κ2) is 3.74. The molecule has 2 aromatic rings. The van der Waals surface area contributed by atoms with Crippen LogP contribution >= 0.6 is 15.9 Å². The van der Waals surface area contributed by atoms with Crippen molar-refractivity contribution in [1.29, 1.82) is 0 Å². The van der Waals surface area contributed by atoms with Crippen molar-refractivity contribution in [2.24, 2.45) is 5.92 Å². The van der Waals surface area contributed by atoms with Crippen LogP contribution in [-0.2, 0) is 6.42 Å². The Morgan fingerprint density at radius 3 is 2.88 bits per heavy atom. The third-order valence-corrected chi connectivity index (χ3v) is 3.51. The van der Waals surface area contributed by atoms with E-state index in [-0.39, 0.29) is 0 Å². The van der Waals surface area contributed by atoms with E-state index < -0.39 is 0 Å². The molecule has 0 unspecified atom stereocenters. The van der Waals surface area contributed by atoms with Gasteiger partial charge in [0.15, 0.2) is 0 Å². The zero-order valence-electron chi connectivity index (χ0n) is 8.78. The van der Waals surface area contributed by atoms with Gasteiger partial charge < -0.3 is 5.11 Å². The van der Waals surface area contributed by atoms with Gasteiger partial charge in [-0.2, -0.15) is 0 Å². The molecule has 1 aromatic heterocycles. The summed E-state index contributed by atoms with van der Waals surface area (Å²) in [7, 11) is 0. The van der Waals surface area contributed by atoms with E-state index in [9.17, 15) is 5.11 Å². The van der Waals surface area contributed by atoms with E-state index in [1.54, 1.807) is 0 Å². The van der Waals surface area contributed by atoms with Crippen LogP contribution in [0.4, 0.5) is 0 Å². The lowest BCUT2D eigenvalue weighted by atomic mass is 10.1. The molecule has 3 heteroatoms. The second-order valence-electron chi connectivity index (χ2n) is 4.44. The van der Waals surface area contributed by atoms with Crippen molar-refractivity contribution in [2.45, 2.75) is 19.3 Å². The molecule has 1 fully saturated rings. The molecule has 1 aromatic carbocycles. The average molecular weight is 278 g/mol. The first-order chi connectivity index (χ1) is 7.72. The minimum atomic E-state index is 0.335. The maximum atomic E-state index is 9.88. The molecule has 2 nitrogen and oxygen atoms in total. The summed E-state index contributed by atoms with van der Waals surface area (Å²) in [5.74, 6) is 1.07. The summed E-state index contributed by atoms with van der Waals surface area (Å²) < 4.78 is 1.02. The molecule has 0 amide bonds. The van der Waals surface area contributed by atoms with Crippen molar-refractivity contribution in [2.75, 3.05) is 0 Å². The lowest BCUT2D eigenvalue weighted by molar-refractivity contribution is 0.463. The molecular formula is C13H12BrNO. The van der Waals surface area contributed by atoms with Crippen molar-refractivity contribution in [3.05, 3.63) is 34.4 Å². The molecule has 82 valence electrons. The zero-order chi connectivity index (χ0) is 11.1. The highest BCUT2D eigenvalue weighted by atomic mass is 79.9. The summed E-state index contributed by atoms with van der Waals surface area (Å²) in [5, 5.41) is 10.9. The average Bonchev–Trinajstić information content (AvgIpc) is 3.04. The predicted molar refractivity (Wildman–Crippen MR) is 67.5 cm³/mol. The van der Waals surface area contributed by atoms with E-state index in [0.717, 1.165) is 33.4 Å². The van der Waals surface area contributed by atoms with Gasteiger partial charge in [-0.25, -0.2) is 4.98 Å². The Morgan fingerprint density at radius 2 is 2.12 bits per heavy atom. The third-order valence-electron chi connectivity index (χ3n) is 3.01. The number of benzene rings is 1. The first-order valence-electron chi connectivity index (χ1n) is 5.50. The molecule has 3 rings (SSSR count). The number of rotatable bonds is 2. The van der Waals surface area contributed by atoms with Gasteiger partial charge in [0.05, 0.1) is 11.2 Å². The summed E-state index contributed by atoms with van der Waals surface area (Å²) in [5.41, 5.74) is 1.79. The van der Waals surface area contributed by atoms with Crippen molar-refractivity contribution >= 4 is 26.8 Å². The van der Waals surface area contributed by atoms with E-state index in [1.165, 1.54) is 12.8 Å². The fourth-order valence-corrected chi connectivity index (χ4v) is 2.26. The van der Waals surface area contributed by atoms with Gasteiger partial charge in [-0.3, -0.25) is 0 Å². The first kappa shape index (κ1) is 10.1. The molecule has 16 heavy (non-hydrogen) atoms. The number of aromatic nitrogens is 1. The van der Waals surface area contributed by atoms with Gasteiger partial charge in [0, 0.05) is 9.86 Å². The van der Waals surface area contributed by atoms with Crippen LogP contribution in [0, 0.1) is 5.92 Å². The normalized spacial score (nSPS) is 15.6. The smallest absolute Gasteiger partial charge is 0.137 e. The highest BCUT2D eigenvalue weighted by Crippen LogP contribution is 2.35. The maximum absolute atomic E-state index is 9.88. The van der Waals surface area contributed by atoms with Crippen LogP contribution in [0.1, 0.15) is 18.5 Å². The molecule has 1 heterocycles. The molecule has 1 N–H and O–H groups in total. The number of fused-ring (bicyclic) bond motifs is 1. The third kappa shape index (κ3) is 1.92. The molecule has 0 radical (unpaired) electrons. The number of nitrogens with zero attached hydrogens (tertiary/aromatic N) is 1. The minimum absolute atomic E-state index is 0.335. The topological polar surface area (TPSA) is 33.1 Å². The predicted octanol–water partition coefficient (Wildman–Crippen LogP) is 3.66. The van der Waals surface area contributed by atoms with E-state index in [0.29, 0.717) is 5.75 Å². The number of hydrogen-bond acceptors (Lipinski definition) is 2. The van der Waals surface area contributed by atoms with Gasteiger partial charge in [-0.05, 0) is 43.4 Å². The van der Waals surface area contributed by atoms with Gasteiger partial charge in [0.2, 0.25) is 0 Å². The quantitative estimate of drug-likeness (QED) is 0.909. The SMILES string of the molecule is Oc1cc2ccc(Br)cc2nc1CC1CC1. The number of aromatic hydroxyl groups is 1. The van der Waals surface area contributed by atoms with Crippen LogP contribution in [0.25, 0.3) is 10.9 Å². The monoisotopic (exact) mass is 277 g/mol. The number of pyridine rings is 1. The summed E-state index contributed by atoms with van der Waals surface area (Å²) in [6.45, 7) is 0. The van der Waals surface area contributed by atoms with Crippen LogP contribution in [0.2, 0.25) is 0 Å². The molecule has 0 atom stereocenters. The van der Waals surface area contributed by atoms with Crippen LogP contribution in [-0.4, -0.2) is 10.1 Å². The Kier molecular flexibility index (Phi) is 2.36. The highest BCUT2D eigenvalue weighted by molar-refractivity contribution is 9.10. The fraction of sp³-hybridized carbons (Fsp3) is 0.308. The maximum Gasteiger partial charge on any atom is 0.137 e. The van der Waals surface area contributed by atoms with E-state index >= 15 is 0 Å². The summed E-state index contributed by atoms with van der Waals surface area (Å²) >= 11 is 3.44. The Morgan fingerprint density at radius 1 is 1.31 bits per heavy atom. The molecule has 0 spiro atoms. The van der Waals surface area contributed by atoms with Gasteiger partial charge in [0.25, 0.3) is 0 Å². The van der Waals surface area contributed by atoms with Crippen LogP contribution in [0.3, 0.4) is 0 Å². The number of halogens is 1. The van der Waals surface area contributed by atoms with Gasteiger partial charge in [0.1, 0.15) is 5.75 Å². The zero-order valence-corrected chi connectivity index (χ0v) is 10.4. The van der Waals surface area contributed by atoms with Crippen molar-refractivity contribution in [3.63, 3.8) is 0 Å². The summed E-state index contributed by atoms with van der Waals surface area (Å²) in [4.78, 5) is 4.54. The Labute approximate surface area is 102 Å². The van der Waals surface area contributed by atoms with Gasteiger partial charge in [-0.15, -0.1) is 0 Å². The minimum Gasteiger partial charge on any atom is -0.506 e. The first-order valence-corrected chi connectivity index (χ1v) is 6.30. The second-order valence-corrected chi connectivity index (χ2v) is 5.35. The molecule has 0 saturated heterocycles. The Hall–Kier alpha value is -1.09. The molecule has 0 bridgehead atoms.